The lowest BCUT2D eigenvalue weighted by atomic mass is 9.68. The zero-order valence-corrected chi connectivity index (χ0v) is 27.3. The molecule has 0 amide bonds. The van der Waals surface area contributed by atoms with Crippen molar-refractivity contribution in [1.29, 1.82) is 0 Å². The fourth-order valence-electron chi connectivity index (χ4n) is 8.76. The summed E-state index contributed by atoms with van der Waals surface area (Å²) in [5.74, 6) is 6.58. The molecule has 41 heavy (non-hydrogen) atoms. The summed E-state index contributed by atoms with van der Waals surface area (Å²) in [5.41, 5.74) is 4.36. The number of hydrogen-bond donors (Lipinski definition) is 0. The summed E-state index contributed by atoms with van der Waals surface area (Å²) in [4.78, 5) is 0. The molecule has 230 valence electrons. The second kappa shape index (κ2) is 17.6. The van der Waals surface area contributed by atoms with Crippen molar-refractivity contribution in [3.05, 3.63) is 53.6 Å². The van der Waals surface area contributed by atoms with Crippen LogP contribution in [-0.2, 0) is 12.8 Å². The Morgan fingerprint density at radius 3 is 1.90 bits per heavy atom. The van der Waals surface area contributed by atoms with Gasteiger partial charge in [0.05, 0.1) is 6.61 Å². The van der Waals surface area contributed by atoms with Crippen LogP contribution in [0.4, 0.5) is 0 Å². The smallest absolute Gasteiger partial charge is 0.126 e. The van der Waals surface area contributed by atoms with Gasteiger partial charge in [0.2, 0.25) is 0 Å². The second-order valence-corrected chi connectivity index (χ2v) is 14.3. The quantitative estimate of drug-likeness (QED) is 0.153. The van der Waals surface area contributed by atoms with Crippen molar-refractivity contribution in [3.63, 3.8) is 0 Å². The van der Waals surface area contributed by atoms with Gasteiger partial charge in [-0.05, 0) is 123 Å². The van der Waals surface area contributed by atoms with Crippen molar-refractivity contribution in [2.24, 2.45) is 29.6 Å². The van der Waals surface area contributed by atoms with E-state index < -0.39 is 0 Å². The first-order valence-electron chi connectivity index (χ1n) is 18.1. The molecule has 3 aliphatic rings. The average Bonchev–Trinajstić information content (AvgIpc) is 3.01. The van der Waals surface area contributed by atoms with Crippen molar-refractivity contribution in [2.75, 3.05) is 6.61 Å². The number of hydrogen-bond acceptors (Lipinski definition) is 1. The lowest BCUT2D eigenvalue weighted by molar-refractivity contribution is 0.156. The maximum absolute atomic E-state index is 6.77. The SMILES string of the molecule is C=CCc1cc(C2CCC(C3CCC(CCC)CC3)CC2)cc(CC=CC)c1OCC1CCC(CCCCC)CC1. The maximum Gasteiger partial charge on any atom is 0.126 e. The van der Waals surface area contributed by atoms with Crippen LogP contribution in [-0.4, -0.2) is 6.61 Å². The van der Waals surface area contributed by atoms with Gasteiger partial charge in [0.25, 0.3) is 0 Å². The Kier molecular flexibility index (Phi) is 13.9. The molecule has 1 aromatic carbocycles. The molecular weight excluding hydrogens is 496 g/mol. The fraction of sp³-hybridized carbons (Fsp3) is 0.750. The van der Waals surface area contributed by atoms with Crippen molar-refractivity contribution in [2.45, 2.75) is 155 Å². The van der Waals surface area contributed by atoms with E-state index in [-0.39, 0.29) is 0 Å². The molecule has 0 saturated heterocycles. The third kappa shape index (κ3) is 9.76. The van der Waals surface area contributed by atoms with Gasteiger partial charge in [-0.3, -0.25) is 0 Å². The van der Waals surface area contributed by atoms with Gasteiger partial charge in [-0.2, -0.15) is 0 Å². The number of allylic oxidation sites excluding steroid dienone is 3. The lowest BCUT2D eigenvalue weighted by Crippen LogP contribution is -2.25. The number of unbranched alkanes of at least 4 members (excludes halogenated alkanes) is 2. The number of rotatable bonds is 15. The van der Waals surface area contributed by atoms with Crippen LogP contribution >= 0.6 is 0 Å². The summed E-state index contributed by atoms with van der Waals surface area (Å²) < 4.78 is 6.77. The van der Waals surface area contributed by atoms with Crippen LogP contribution in [0.25, 0.3) is 0 Å². The van der Waals surface area contributed by atoms with Crippen LogP contribution in [0, 0.1) is 29.6 Å². The van der Waals surface area contributed by atoms with Crippen LogP contribution in [0.1, 0.15) is 159 Å². The van der Waals surface area contributed by atoms with E-state index in [9.17, 15) is 0 Å². The molecule has 0 aromatic heterocycles. The molecular formula is C40H64O. The second-order valence-electron chi connectivity index (χ2n) is 14.3. The zero-order chi connectivity index (χ0) is 28.9. The van der Waals surface area contributed by atoms with E-state index in [1.165, 1.54) is 132 Å². The van der Waals surface area contributed by atoms with Gasteiger partial charge in [0.1, 0.15) is 5.75 Å². The van der Waals surface area contributed by atoms with E-state index >= 15 is 0 Å². The molecule has 4 rings (SSSR count). The molecule has 0 atom stereocenters. The Bertz CT molecular complexity index is 903. The van der Waals surface area contributed by atoms with Crippen molar-refractivity contribution < 1.29 is 4.74 Å². The molecule has 0 unspecified atom stereocenters. The van der Waals surface area contributed by atoms with Crippen LogP contribution in [0.2, 0.25) is 0 Å². The minimum Gasteiger partial charge on any atom is -0.493 e. The molecule has 3 saturated carbocycles. The molecule has 1 nitrogen and oxygen atoms in total. The van der Waals surface area contributed by atoms with Crippen molar-refractivity contribution in [1.82, 2.24) is 0 Å². The molecule has 1 aromatic rings. The molecule has 0 radical (unpaired) electrons. The van der Waals surface area contributed by atoms with Crippen LogP contribution in [0.15, 0.2) is 36.9 Å². The minimum absolute atomic E-state index is 0.715. The number of benzene rings is 1. The van der Waals surface area contributed by atoms with E-state index in [0.29, 0.717) is 5.92 Å². The van der Waals surface area contributed by atoms with Gasteiger partial charge in [-0.1, -0.05) is 108 Å². The molecule has 1 heteroatoms. The van der Waals surface area contributed by atoms with Crippen molar-refractivity contribution >= 4 is 0 Å². The van der Waals surface area contributed by atoms with Crippen molar-refractivity contribution in [3.8, 4) is 5.75 Å². The lowest BCUT2D eigenvalue weighted by Gasteiger charge is -2.38. The van der Waals surface area contributed by atoms with Gasteiger partial charge in [0.15, 0.2) is 0 Å². The average molecular weight is 561 g/mol. The van der Waals surface area contributed by atoms with Crippen LogP contribution in [0.5, 0.6) is 5.75 Å². The zero-order valence-electron chi connectivity index (χ0n) is 27.3. The van der Waals surface area contributed by atoms with Gasteiger partial charge >= 0.3 is 0 Å². The van der Waals surface area contributed by atoms with Crippen LogP contribution in [0.3, 0.4) is 0 Å². The van der Waals surface area contributed by atoms with Gasteiger partial charge in [0, 0.05) is 0 Å². The molecule has 3 fully saturated rings. The monoisotopic (exact) mass is 560 g/mol. The Morgan fingerprint density at radius 2 is 1.29 bits per heavy atom. The summed E-state index contributed by atoms with van der Waals surface area (Å²) in [6, 6.07) is 5.05. The highest BCUT2D eigenvalue weighted by Gasteiger charge is 2.31. The van der Waals surface area contributed by atoms with E-state index in [0.717, 1.165) is 49.0 Å². The molecule has 3 aliphatic carbocycles. The molecule has 0 N–H and O–H groups in total. The summed E-state index contributed by atoms with van der Waals surface area (Å²) in [6.45, 7) is 11.8. The Hall–Kier alpha value is -1.50. The maximum atomic E-state index is 6.77. The fourth-order valence-corrected chi connectivity index (χ4v) is 8.76. The normalized spacial score (nSPS) is 29.0. The highest BCUT2D eigenvalue weighted by atomic mass is 16.5. The standard InChI is InChI=1S/C40H64O/c1-5-9-11-14-32-16-18-33(19-17-32)30-41-40-37(13-8-4)28-39(29-38(40)15-10-6-2)36-26-24-35(25-27-36)34-22-20-31(12-7-3)21-23-34/h6,8,10,28-29,31-36H,4-5,7,9,11-27,30H2,1-3H3. The molecule has 0 spiro atoms. The predicted octanol–water partition coefficient (Wildman–Crippen LogP) is 12.2. The molecule has 0 bridgehead atoms. The summed E-state index contributed by atoms with van der Waals surface area (Å²) in [7, 11) is 0. The van der Waals surface area contributed by atoms with E-state index in [2.05, 4.69) is 57.7 Å². The van der Waals surface area contributed by atoms with Gasteiger partial charge in [-0.15, -0.1) is 6.58 Å². The number of ether oxygens (including phenoxy) is 1. The van der Waals surface area contributed by atoms with Crippen LogP contribution < -0.4 is 4.74 Å². The Labute approximate surface area is 255 Å². The molecule has 0 aliphatic heterocycles. The summed E-state index contributed by atoms with van der Waals surface area (Å²) in [6.07, 6.45) is 34.1. The summed E-state index contributed by atoms with van der Waals surface area (Å²) >= 11 is 0. The Morgan fingerprint density at radius 1 is 0.707 bits per heavy atom. The topological polar surface area (TPSA) is 9.23 Å². The Balaban J connectivity index is 1.37. The third-order valence-electron chi connectivity index (χ3n) is 11.3. The first kappa shape index (κ1) is 32.4. The first-order valence-corrected chi connectivity index (χ1v) is 18.1. The first-order chi connectivity index (χ1) is 20.1. The highest BCUT2D eigenvalue weighted by molar-refractivity contribution is 5.47. The van der Waals surface area contributed by atoms with E-state index in [4.69, 9.17) is 4.74 Å². The van der Waals surface area contributed by atoms with E-state index in [1.807, 2.05) is 0 Å². The summed E-state index contributed by atoms with van der Waals surface area (Å²) in [5, 5.41) is 0. The minimum atomic E-state index is 0.715. The van der Waals surface area contributed by atoms with Gasteiger partial charge in [-0.25, -0.2) is 0 Å². The van der Waals surface area contributed by atoms with E-state index in [1.54, 1.807) is 5.56 Å². The van der Waals surface area contributed by atoms with Gasteiger partial charge < -0.3 is 4.74 Å². The highest BCUT2D eigenvalue weighted by Crippen LogP contribution is 2.45. The largest absolute Gasteiger partial charge is 0.493 e. The predicted molar refractivity (Wildman–Crippen MR) is 179 cm³/mol. The molecule has 0 heterocycles. The third-order valence-corrected chi connectivity index (χ3v) is 11.3.